The van der Waals surface area contributed by atoms with Gasteiger partial charge in [0.25, 0.3) is 0 Å². The number of hydrogen-bond donors (Lipinski definition) is 2. The number of hydrogen-bond acceptors (Lipinski definition) is 2. The molecule has 3 heteroatoms. The number of rotatable bonds is 6. The van der Waals surface area contributed by atoms with Crippen LogP contribution in [0, 0.1) is 17.8 Å². The van der Waals surface area contributed by atoms with E-state index in [4.69, 9.17) is 5.73 Å². The van der Waals surface area contributed by atoms with Crippen LogP contribution in [-0.2, 0) is 11.2 Å². The van der Waals surface area contributed by atoms with Gasteiger partial charge in [0.05, 0.1) is 0 Å². The van der Waals surface area contributed by atoms with Crippen molar-refractivity contribution in [3.63, 3.8) is 0 Å². The maximum absolute atomic E-state index is 11.8. The second kappa shape index (κ2) is 7.98. The van der Waals surface area contributed by atoms with E-state index in [2.05, 4.69) is 42.2 Å². The zero-order valence-electron chi connectivity index (χ0n) is 14.5. The third-order valence-corrected chi connectivity index (χ3v) is 6.07. The van der Waals surface area contributed by atoms with Gasteiger partial charge in [0.15, 0.2) is 0 Å². The first-order chi connectivity index (χ1) is 11.7. The standard InChI is InChI=1S/C21H30N2O/c1-2-17(19-9-5-7-15-6-3-4-8-18(15)19)20(14-21(22)24)16-10-12-23-13-11-16/h2-4,6,8,16-17,19-20,23H,1,5,7,9-14H2,(H2,22,24). The summed E-state index contributed by atoms with van der Waals surface area (Å²) >= 11 is 0. The van der Waals surface area contributed by atoms with Crippen LogP contribution in [0.4, 0.5) is 0 Å². The van der Waals surface area contributed by atoms with Gasteiger partial charge in [0.1, 0.15) is 0 Å². The van der Waals surface area contributed by atoms with Gasteiger partial charge >= 0.3 is 0 Å². The third kappa shape index (κ3) is 3.72. The Hall–Kier alpha value is -1.61. The van der Waals surface area contributed by atoms with Crippen LogP contribution in [0.1, 0.15) is 49.1 Å². The molecule has 2 aliphatic rings. The van der Waals surface area contributed by atoms with Crippen LogP contribution in [0.15, 0.2) is 36.9 Å². The summed E-state index contributed by atoms with van der Waals surface area (Å²) in [7, 11) is 0. The van der Waals surface area contributed by atoms with Crippen LogP contribution in [-0.4, -0.2) is 19.0 Å². The Balaban J connectivity index is 1.89. The predicted octanol–water partition coefficient (Wildman–Crippen LogP) is 3.40. The van der Waals surface area contributed by atoms with Gasteiger partial charge in [0.2, 0.25) is 5.91 Å². The molecule has 1 heterocycles. The molecular weight excluding hydrogens is 296 g/mol. The normalized spacial score (nSPS) is 23.9. The zero-order valence-corrected chi connectivity index (χ0v) is 14.5. The molecule has 1 saturated heterocycles. The van der Waals surface area contributed by atoms with E-state index in [0.29, 0.717) is 30.1 Å². The second-order valence-electron chi connectivity index (χ2n) is 7.43. The molecule has 1 aromatic carbocycles. The first kappa shape index (κ1) is 17.2. The minimum Gasteiger partial charge on any atom is -0.370 e. The second-order valence-corrected chi connectivity index (χ2v) is 7.43. The lowest BCUT2D eigenvalue weighted by atomic mass is 9.65. The van der Waals surface area contributed by atoms with E-state index in [-0.39, 0.29) is 5.91 Å². The lowest BCUT2D eigenvalue weighted by Crippen LogP contribution is -2.38. The van der Waals surface area contributed by atoms with Gasteiger partial charge in [-0.25, -0.2) is 0 Å². The number of carbonyl (C=O) groups is 1. The van der Waals surface area contributed by atoms with E-state index in [9.17, 15) is 4.79 Å². The average molecular weight is 326 g/mol. The van der Waals surface area contributed by atoms with Gasteiger partial charge < -0.3 is 11.1 Å². The molecule has 1 aromatic rings. The number of amides is 1. The maximum atomic E-state index is 11.8. The van der Waals surface area contributed by atoms with Crippen molar-refractivity contribution in [3.8, 4) is 0 Å². The molecule has 3 rings (SSSR count). The van der Waals surface area contributed by atoms with Crippen LogP contribution in [0.5, 0.6) is 0 Å². The van der Waals surface area contributed by atoms with Crippen molar-refractivity contribution in [3.05, 3.63) is 48.0 Å². The number of fused-ring (bicyclic) bond motifs is 1. The Bertz CT molecular complexity index is 577. The number of primary amides is 1. The van der Waals surface area contributed by atoms with E-state index in [1.807, 2.05) is 0 Å². The third-order valence-electron chi connectivity index (χ3n) is 6.07. The van der Waals surface area contributed by atoms with Gasteiger partial charge in [-0.3, -0.25) is 4.79 Å². The predicted molar refractivity (Wildman–Crippen MR) is 98.7 cm³/mol. The van der Waals surface area contributed by atoms with Crippen LogP contribution >= 0.6 is 0 Å². The SMILES string of the molecule is C=CC(C1CCCc2ccccc21)C(CC(N)=O)C1CCNCC1. The van der Waals surface area contributed by atoms with Crippen molar-refractivity contribution in [2.45, 2.75) is 44.4 Å². The molecule has 3 unspecified atom stereocenters. The van der Waals surface area contributed by atoms with E-state index in [0.717, 1.165) is 25.9 Å². The highest BCUT2D eigenvalue weighted by atomic mass is 16.1. The molecule has 1 aliphatic heterocycles. The molecule has 130 valence electrons. The molecule has 3 N–H and O–H groups in total. The van der Waals surface area contributed by atoms with E-state index in [1.54, 1.807) is 0 Å². The monoisotopic (exact) mass is 326 g/mol. The minimum atomic E-state index is -0.172. The fourth-order valence-corrected chi connectivity index (χ4v) is 4.95. The Kier molecular flexibility index (Phi) is 5.72. The number of benzene rings is 1. The van der Waals surface area contributed by atoms with Crippen molar-refractivity contribution >= 4 is 5.91 Å². The van der Waals surface area contributed by atoms with Crippen molar-refractivity contribution in [2.24, 2.45) is 23.5 Å². The molecule has 3 nitrogen and oxygen atoms in total. The lowest BCUT2D eigenvalue weighted by Gasteiger charge is -2.40. The molecule has 0 saturated carbocycles. The summed E-state index contributed by atoms with van der Waals surface area (Å²) in [5, 5.41) is 3.43. The lowest BCUT2D eigenvalue weighted by molar-refractivity contribution is -0.119. The maximum Gasteiger partial charge on any atom is 0.217 e. The molecule has 1 amide bonds. The first-order valence-electron chi connectivity index (χ1n) is 9.40. The highest BCUT2D eigenvalue weighted by Gasteiger charge is 2.36. The van der Waals surface area contributed by atoms with Crippen LogP contribution in [0.2, 0.25) is 0 Å². The highest BCUT2D eigenvalue weighted by molar-refractivity contribution is 5.74. The van der Waals surface area contributed by atoms with E-state index in [1.165, 1.54) is 30.4 Å². The van der Waals surface area contributed by atoms with Gasteiger partial charge in [-0.05, 0) is 80.0 Å². The summed E-state index contributed by atoms with van der Waals surface area (Å²) in [6.07, 6.45) is 8.45. The summed E-state index contributed by atoms with van der Waals surface area (Å²) in [5.74, 6) is 1.53. The number of nitrogens with one attached hydrogen (secondary N) is 1. The summed E-state index contributed by atoms with van der Waals surface area (Å²) in [6, 6.07) is 8.82. The number of nitrogens with two attached hydrogens (primary N) is 1. The molecule has 0 spiro atoms. The van der Waals surface area contributed by atoms with E-state index >= 15 is 0 Å². The Morgan fingerprint density at radius 3 is 2.75 bits per heavy atom. The van der Waals surface area contributed by atoms with Crippen LogP contribution < -0.4 is 11.1 Å². The summed E-state index contributed by atoms with van der Waals surface area (Å²) < 4.78 is 0. The quantitative estimate of drug-likeness (QED) is 0.787. The van der Waals surface area contributed by atoms with Crippen LogP contribution in [0.25, 0.3) is 0 Å². The molecule has 3 atom stereocenters. The number of piperidine rings is 1. The first-order valence-corrected chi connectivity index (χ1v) is 9.40. The van der Waals surface area contributed by atoms with Crippen molar-refractivity contribution in [1.29, 1.82) is 0 Å². The number of carbonyl (C=O) groups excluding carboxylic acids is 1. The Morgan fingerprint density at radius 2 is 2.04 bits per heavy atom. The minimum absolute atomic E-state index is 0.172. The van der Waals surface area contributed by atoms with Gasteiger partial charge in [0, 0.05) is 6.42 Å². The summed E-state index contributed by atoms with van der Waals surface area (Å²) in [5.41, 5.74) is 8.57. The highest BCUT2D eigenvalue weighted by Crippen LogP contribution is 2.44. The zero-order chi connectivity index (χ0) is 16.9. The molecular formula is C21H30N2O. The van der Waals surface area contributed by atoms with Crippen molar-refractivity contribution in [2.75, 3.05) is 13.1 Å². The molecule has 0 radical (unpaired) electrons. The topological polar surface area (TPSA) is 55.1 Å². The molecule has 0 bridgehead atoms. The molecule has 24 heavy (non-hydrogen) atoms. The van der Waals surface area contributed by atoms with Gasteiger partial charge in [-0.2, -0.15) is 0 Å². The largest absolute Gasteiger partial charge is 0.370 e. The molecule has 1 fully saturated rings. The Labute approximate surface area is 145 Å². The van der Waals surface area contributed by atoms with Gasteiger partial charge in [-0.15, -0.1) is 6.58 Å². The molecule has 1 aliphatic carbocycles. The fourth-order valence-electron chi connectivity index (χ4n) is 4.95. The van der Waals surface area contributed by atoms with Gasteiger partial charge in [-0.1, -0.05) is 30.3 Å². The van der Waals surface area contributed by atoms with Crippen molar-refractivity contribution < 1.29 is 4.79 Å². The van der Waals surface area contributed by atoms with Crippen LogP contribution in [0.3, 0.4) is 0 Å². The average Bonchev–Trinajstić information content (AvgIpc) is 2.62. The number of aryl methyl sites for hydroxylation is 1. The summed E-state index contributed by atoms with van der Waals surface area (Å²) in [6.45, 7) is 6.26. The fraction of sp³-hybridized carbons (Fsp3) is 0.571. The number of allylic oxidation sites excluding steroid dienone is 1. The Morgan fingerprint density at radius 1 is 1.29 bits per heavy atom. The van der Waals surface area contributed by atoms with Crippen molar-refractivity contribution in [1.82, 2.24) is 5.32 Å². The molecule has 0 aromatic heterocycles. The smallest absolute Gasteiger partial charge is 0.217 e. The van der Waals surface area contributed by atoms with E-state index < -0.39 is 0 Å². The summed E-state index contributed by atoms with van der Waals surface area (Å²) in [4.78, 5) is 11.8.